The summed E-state index contributed by atoms with van der Waals surface area (Å²) in [5, 5.41) is 3.54. The minimum atomic E-state index is 0.120. The lowest BCUT2D eigenvalue weighted by Crippen LogP contribution is -2.48. The van der Waals surface area contributed by atoms with Gasteiger partial charge in [0.2, 0.25) is 0 Å². The van der Waals surface area contributed by atoms with Crippen LogP contribution < -0.4 is 5.32 Å². The average Bonchev–Trinajstić information content (AvgIpc) is 2.29. The molecular weight excluding hydrogens is 224 g/mol. The maximum absolute atomic E-state index is 5.72. The lowest BCUT2D eigenvalue weighted by molar-refractivity contribution is -0.0106. The van der Waals surface area contributed by atoms with Crippen molar-refractivity contribution >= 4 is 0 Å². The van der Waals surface area contributed by atoms with Crippen LogP contribution in [0.3, 0.4) is 0 Å². The first-order chi connectivity index (χ1) is 8.49. The van der Waals surface area contributed by atoms with E-state index in [4.69, 9.17) is 4.74 Å². The molecule has 0 spiro atoms. The Hall–Kier alpha value is -0.930. The van der Waals surface area contributed by atoms with E-state index in [1.807, 2.05) is 12.4 Å². The maximum atomic E-state index is 5.72. The first kappa shape index (κ1) is 15.1. The molecule has 18 heavy (non-hydrogen) atoms. The number of pyridine rings is 1. The molecular formula is C15H26N2O. The minimum Gasteiger partial charge on any atom is -0.379 e. The number of rotatable bonds is 6. The van der Waals surface area contributed by atoms with E-state index in [0.29, 0.717) is 6.04 Å². The molecule has 1 rings (SSSR count). The molecule has 0 aliphatic heterocycles. The van der Waals surface area contributed by atoms with Crippen LogP contribution in [0.2, 0.25) is 0 Å². The van der Waals surface area contributed by atoms with E-state index in [0.717, 1.165) is 13.0 Å². The number of aromatic nitrogens is 1. The Labute approximate surface area is 111 Å². The van der Waals surface area contributed by atoms with E-state index < -0.39 is 0 Å². The molecule has 1 heterocycles. The summed E-state index contributed by atoms with van der Waals surface area (Å²) in [5.41, 5.74) is 1.41. The second-order valence-electron chi connectivity index (χ2n) is 5.75. The van der Waals surface area contributed by atoms with Crippen molar-refractivity contribution in [1.29, 1.82) is 0 Å². The highest BCUT2D eigenvalue weighted by molar-refractivity contribution is 5.12. The van der Waals surface area contributed by atoms with Crippen LogP contribution in [0.15, 0.2) is 24.5 Å². The molecule has 1 N–H and O–H groups in total. The predicted molar refractivity (Wildman–Crippen MR) is 75.7 cm³/mol. The summed E-state index contributed by atoms with van der Waals surface area (Å²) in [6.07, 6.45) is 4.84. The summed E-state index contributed by atoms with van der Waals surface area (Å²) in [6.45, 7) is 9.74. The van der Waals surface area contributed by atoms with E-state index >= 15 is 0 Å². The van der Waals surface area contributed by atoms with Gasteiger partial charge in [0.05, 0.1) is 6.10 Å². The van der Waals surface area contributed by atoms with Crippen molar-refractivity contribution in [2.75, 3.05) is 13.7 Å². The van der Waals surface area contributed by atoms with Gasteiger partial charge in [-0.15, -0.1) is 0 Å². The largest absolute Gasteiger partial charge is 0.379 e. The molecule has 2 unspecified atom stereocenters. The van der Waals surface area contributed by atoms with Gasteiger partial charge in [0.15, 0.2) is 0 Å². The molecule has 1 aromatic rings. The van der Waals surface area contributed by atoms with Gasteiger partial charge in [-0.2, -0.15) is 0 Å². The molecule has 0 aromatic carbocycles. The Bertz CT molecular complexity index is 332. The third-order valence-electron chi connectivity index (χ3n) is 3.14. The first-order valence-corrected chi connectivity index (χ1v) is 6.64. The molecule has 0 aliphatic rings. The van der Waals surface area contributed by atoms with E-state index in [9.17, 15) is 0 Å². The summed E-state index contributed by atoms with van der Waals surface area (Å²) in [7, 11) is 1.80. The lowest BCUT2D eigenvalue weighted by atomic mass is 9.82. The van der Waals surface area contributed by atoms with Crippen molar-refractivity contribution in [2.45, 2.75) is 46.3 Å². The van der Waals surface area contributed by atoms with Gasteiger partial charge < -0.3 is 10.1 Å². The topological polar surface area (TPSA) is 34.2 Å². The third kappa shape index (κ3) is 4.39. The van der Waals surface area contributed by atoms with Crippen LogP contribution in [0.4, 0.5) is 0 Å². The standard InChI is InChI=1S/C15H26N2O/c1-6-17-13(14(18-5)15(2,3)4)11-12-7-9-16-10-8-12/h7-10,13-14,17H,6,11H2,1-5H3. The van der Waals surface area contributed by atoms with Crippen molar-refractivity contribution in [1.82, 2.24) is 10.3 Å². The van der Waals surface area contributed by atoms with Crippen molar-refractivity contribution in [2.24, 2.45) is 5.41 Å². The van der Waals surface area contributed by atoms with Crippen LogP contribution in [-0.2, 0) is 11.2 Å². The summed E-state index contributed by atoms with van der Waals surface area (Å²) < 4.78 is 5.72. The molecule has 0 fully saturated rings. The van der Waals surface area contributed by atoms with Crippen LogP contribution in [0.1, 0.15) is 33.3 Å². The fraction of sp³-hybridized carbons (Fsp3) is 0.667. The van der Waals surface area contributed by atoms with Gasteiger partial charge >= 0.3 is 0 Å². The molecule has 0 radical (unpaired) electrons. The predicted octanol–water partition coefficient (Wildman–Crippen LogP) is 2.66. The molecule has 0 amide bonds. The summed E-state index contributed by atoms with van der Waals surface area (Å²) >= 11 is 0. The molecule has 3 heteroatoms. The number of likely N-dealkylation sites (N-methyl/N-ethyl adjacent to an activating group) is 1. The fourth-order valence-corrected chi connectivity index (χ4v) is 2.44. The Morgan fingerprint density at radius 3 is 2.33 bits per heavy atom. The summed E-state index contributed by atoms with van der Waals surface area (Å²) in [5.74, 6) is 0. The summed E-state index contributed by atoms with van der Waals surface area (Å²) in [6, 6.07) is 4.46. The minimum absolute atomic E-state index is 0.120. The van der Waals surface area contributed by atoms with Crippen LogP contribution in [0.25, 0.3) is 0 Å². The molecule has 0 bridgehead atoms. The highest BCUT2D eigenvalue weighted by atomic mass is 16.5. The molecule has 0 saturated carbocycles. The van der Waals surface area contributed by atoms with Gasteiger partial charge in [0, 0.05) is 25.5 Å². The van der Waals surface area contributed by atoms with Gasteiger partial charge in [-0.1, -0.05) is 27.7 Å². The SMILES string of the molecule is CCNC(Cc1ccncc1)C(OC)C(C)(C)C. The van der Waals surface area contributed by atoms with E-state index in [-0.39, 0.29) is 11.5 Å². The Morgan fingerprint density at radius 2 is 1.89 bits per heavy atom. The van der Waals surface area contributed by atoms with Crippen LogP contribution in [0, 0.1) is 5.41 Å². The second-order valence-corrected chi connectivity index (χ2v) is 5.75. The van der Waals surface area contributed by atoms with E-state index in [1.54, 1.807) is 7.11 Å². The molecule has 2 atom stereocenters. The van der Waals surface area contributed by atoms with Crippen molar-refractivity contribution in [3.63, 3.8) is 0 Å². The van der Waals surface area contributed by atoms with Crippen molar-refractivity contribution in [3.05, 3.63) is 30.1 Å². The first-order valence-electron chi connectivity index (χ1n) is 6.64. The third-order valence-corrected chi connectivity index (χ3v) is 3.14. The number of nitrogens with one attached hydrogen (secondary N) is 1. The Balaban J connectivity index is 2.81. The molecule has 102 valence electrons. The zero-order chi connectivity index (χ0) is 13.6. The monoisotopic (exact) mass is 250 g/mol. The number of ether oxygens (including phenoxy) is 1. The smallest absolute Gasteiger partial charge is 0.0775 e. The van der Waals surface area contributed by atoms with Crippen molar-refractivity contribution < 1.29 is 4.74 Å². The normalized spacial score (nSPS) is 15.4. The number of methoxy groups -OCH3 is 1. The maximum Gasteiger partial charge on any atom is 0.0775 e. The number of nitrogens with zero attached hydrogens (tertiary/aromatic N) is 1. The van der Waals surface area contributed by atoms with Gasteiger partial charge in [-0.25, -0.2) is 0 Å². The van der Waals surface area contributed by atoms with Gasteiger partial charge in [-0.05, 0) is 36.1 Å². The van der Waals surface area contributed by atoms with Crippen LogP contribution >= 0.6 is 0 Å². The molecule has 0 saturated heterocycles. The Morgan fingerprint density at radius 1 is 1.28 bits per heavy atom. The quantitative estimate of drug-likeness (QED) is 0.843. The van der Waals surface area contributed by atoms with Gasteiger partial charge in [-0.3, -0.25) is 4.98 Å². The van der Waals surface area contributed by atoms with Crippen LogP contribution in [0.5, 0.6) is 0 Å². The van der Waals surface area contributed by atoms with Gasteiger partial charge in [0.25, 0.3) is 0 Å². The fourth-order valence-electron chi connectivity index (χ4n) is 2.44. The highest BCUT2D eigenvalue weighted by Crippen LogP contribution is 2.26. The number of hydrogen-bond acceptors (Lipinski definition) is 3. The van der Waals surface area contributed by atoms with Gasteiger partial charge in [0.1, 0.15) is 0 Å². The van der Waals surface area contributed by atoms with Crippen LogP contribution in [-0.4, -0.2) is 30.8 Å². The average molecular weight is 250 g/mol. The van der Waals surface area contributed by atoms with Crippen molar-refractivity contribution in [3.8, 4) is 0 Å². The summed E-state index contributed by atoms with van der Waals surface area (Å²) in [4.78, 5) is 4.06. The number of hydrogen-bond donors (Lipinski definition) is 1. The zero-order valence-corrected chi connectivity index (χ0v) is 12.2. The van der Waals surface area contributed by atoms with E-state index in [1.165, 1.54) is 5.56 Å². The molecule has 3 nitrogen and oxygen atoms in total. The highest BCUT2D eigenvalue weighted by Gasteiger charge is 2.31. The molecule has 0 aliphatic carbocycles. The molecule has 1 aromatic heterocycles. The lowest BCUT2D eigenvalue weighted by Gasteiger charge is -2.36. The van der Waals surface area contributed by atoms with E-state index in [2.05, 4.69) is 50.1 Å². The second kappa shape index (κ2) is 6.86. The Kier molecular flexibility index (Phi) is 5.76. The zero-order valence-electron chi connectivity index (χ0n) is 12.2.